The van der Waals surface area contributed by atoms with Crippen LogP contribution in [0, 0.1) is 11.8 Å². The van der Waals surface area contributed by atoms with Gasteiger partial charge in [-0.25, -0.2) is 0 Å². The molecule has 3 saturated heterocycles. The lowest BCUT2D eigenvalue weighted by atomic mass is 9.70. The van der Waals surface area contributed by atoms with E-state index in [1.54, 1.807) is 11.8 Å². The van der Waals surface area contributed by atoms with Gasteiger partial charge in [-0.15, -0.1) is 11.8 Å². The summed E-state index contributed by atoms with van der Waals surface area (Å²) in [4.78, 5) is 41.1. The summed E-state index contributed by atoms with van der Waals surface area (Å²) >= 11 is 5.32. The van der Waals surface area contributed by atoms with Crippen LogP contribution in [-0.4, -0.2) is 73.8 Å². The van der Waals surface area contributed by atoms with Crippen LogP contribution in [-0.2, 0) is 14.4 Å². The van der Waals surface area contributed by atoms with Crippen molar-refractivity contribution >= 4 is 45.4 Å². The number of aliphatic hydroxyl groups is 1. The number of hydrogen-bond acceptors (Lipinski definition) is 5. The Morgan fingerprint density at radius 3 is 2.61 bits per heavy atom. The number of amides is 3. The first-order valence-corrected chi connectivity index (χ1v) is 11.7. The summed E-state index contributed by atoms with van der Waals surface area (Å²) in [5, 5.41) is 15.4. The van der Waals surface area contributed by atoms with Crippen molar-refractivity contribution in [1.82, 2.24) is 15.5 Å². The number of alkyl halides is 1. The quantitative estimate of drug-likeness (QED) is 0.495. The third-order valence-electron chi connectivity index (χ3n) is 5.73. The van der Waals surface area contributed by atoms with Crippen molar-refractivity contribution in [3.63, 3.8) is 0 Å². The Labute approximate surface area is 178 Å². The van der Waals surface area contributed by atoms with Gasteiger partial charge >= 0.3 is 0 Å². The predicted molar refractivity (Wildman–Crippen MR) is 112 cm³/mol. The molecule has 3 N–H and O–H groups in total. The molecule has 3 heterocycles. The molecule has 3 unspecified atom stereocenters. The molecular formula is C19H30BrN3O4S. The molecule has 0 aromatic rings. The molecule has 0 aliphatic carbocycles. The Balaban J connectivity index is 1.99. The van der Waals surface area contributed by atoms with Gasteiger partial charge in [-0.3, -0.25) is 14.4 Å². The third kappa shape index (κ3) is 3.47. The fraction of sp³-hybridized carbons (Fsp3) is 0.842. The fourth-order valence-electron chi connectivity index (χ4n) is 4.88. The molecule has 9 heteroatoms. The zero-order chi connectivity index (χ0) is 20.9. The van der Waals surface area contributed by atoms with Gasteiger partial charge in [-0.05, 0) is 33.6 Å². The van der Waals surface area contributed by atoms with Crippen molar-refractivity contribution in [2.75, 3.05) is 19.7 Å². The monoisotopic (exact) mass is 475 g/mol. The zero-order valence-electron chi connectivity index (χ0n) is 16.8. The minimum Gasteiger partial charge on any atom is -0.395 e. The minimum atomic E-state index is -0.685. The number of fused-ring (bicyclic) bond motifs is 1. The highest BCUT2D eigenvalue weighted by atomic mass is 79.9. The first kappa shape index (κ1) is 21.9. The van der Waals surface area contributed by atoms with Crippen LogP contribution in [0.25, 0.3) is 0 Å². The molecule has 1 spiro atoms. The molecule has 158 valence electrons. The van der Waals surface area contributed by atoms with Gasteiger partial charge < -0.3 is 20.6 Å². The number of nitrogens with one attached hydrogen (secondary N) is 2. The highest BCUT2D eigenvalue weighted by molar-refractivity contribution is 9.09. The number of thioether (sulfide) groups is 1. The van der Waals surface area contributed by atoms with Crippen LogP contribution in [0.1, 0.15) is 40.5 Å². The zero-order valence-corrected chi connectivity index (χ0v) is 19.2. The van der Waals surface area contributed by atoms with E-state index in [1.165, 1.54) is 4.90 Å². The van der Waals surface area contributed by atoms with Crippen LogP contribution in [0.2, 0.25) is 0 Å². The van der Waals surface area contributed by atoms with E-state index in [0.29, 0.717) is 13.0 Å². The van der Waals surface area contributed by atoms with E-state index in [0.717, 1.165) is 6.42 Å². The fourth-order valence-corrected chi connectivity index (χ4v) is 8.50. The van der Waals surface area contributed by atoms with Crippen LogP contribution in [0.4, 0.5) is 0 Å². The van der Waals surface area contributed by atoms with Gasteiger partial charge in [-0.2, -0.15) is 0 Å². The second-order valence-electron chi connectivity index (χ2n) is 8.95. The second kappa shape index (κ2) is 7.80. The molecule has 0 aromatic carbocycles. The number of rotatable bonds is 6. The number of carbonyl (C=O) groups is 3. The molecular weight excluding hydrogens is 446 g/mol. The summed E-state index contributed by atoms with van der Waals surface area (Å²) in [5.74, 6) is -1.50. The largest absolute Gasteiger partial charge is 0.395 e. The molecule has 3 aliphatic rings. The van der Waals surface area contributed by atoms with E-state index < -0.39 is 28.2 Å². The normalized spacial score (nSPS) is 36.6. The van der Waals surface area contributed by atoms with Crippen molar-refractivity contribution < 1.29 is 19.5 Å². The Morgan fingerprint density at radius 2 is 2.04 bits per heavy atom. The summed E-state index contributed by atoms with van der Waals surface area (Å²) in [6.45, 7) is 8.15. The Kier molecular flexibility index (Phi) is 6.10. The number of aliphatic hydroxyl groups excluding tert-OH is 1. The Morgan fingerprint density at radius 1 is 1.36 bits per heavy atom. The van der Waals surface area contributed by atoms with Gasteiger partial charge in [0.2, 0.25) is 17.7 Å². The van der Waals surface area contributed by atoms with E-state index >= 15 is 0 Å². The first-order valence-electron chi connectivity index (χ1n) is 9.90. The van der Waals surface area contributed by atoms with E-state index in [-0.39, 0.29) is 41.0 Å². The van der Waals surface area contributed by atoms with Crippen molar-refractivity contribution in [2.24, 2.45) is 11.8 Å². The van der Waals surface area contributed by atoms with E-state index in [2.05, 4.69) is 26.6 Å². The van der Waals surface area contributed by atoms with Gasteiger partial charge in [0.1, 0.15) is 6.04 Å². The maximum atomic E-state index is 13.4. The number of carbonyl (C=O) groups excluding carboxylic acids is 3. The molecule has 3 amide bonds. The Hall–Kier alpha value is -0.800. The summed E-state index contributed by atoms with van der Waals surface area (Å²) in [7, 11) is 0. The van der Waals surface area contributed by atoms with Gasteiger partial charge in [0.15, 0.2) is 0 Å². The number of halogens is 1. The van der Waals surface area contributed by atoms with Gasteiger partial charge in [0, 0.05) is 28.7 Å². The van der Waals surface area contributed by atoms with Crippen LogP contribution in [0.5, 0.6) is 0 Å². The van der Waals surface area contributed by atoms with Crippen molar-refractivity contribution in [3.05, 3.63) is 0 Å². The van der Waals surface area contributed by atoms with Crippen molar-refractivity contribution in [1.29, 1.82) is 0 Å². The number of likely N-dealkylation sites (tertiary alicyclic amines) is 1. The standard InChI is InChI=1S/C19H30BrN3O4S/c1-5-6-21-15(25)11-12-17(27)23(7-8-24)14(16(26)22-18(2,3)4)19(12)9-10(20)13(11)28-19/h10-14,24H,5-9H2,1-4H3,(H,21,25)(H,22,26)/t10?,11-,12+,13-,14?,19?/m1/s1. The maximum absolute atomic E-state index is 13.4. The lowest BCUT2D eigenvalue weighted by Crippen LogP contribution is -2.57. The summed E-state index contributed by atoms with van der Waals surface area (Å²) in [6.07, 6.45) is 1.48. The van der Waals surface area contributed by atoms with Crippen LogP contribution < -0.4 is 10.6 Å². The van der Waals surface area contributed by atoms with E-state index in [9.17, 15) is 19.5 Å². The lowest BCUT2D eigenvalue weighted by Gasteiger charge is -2.36. The molecule has 28 heavy (non-hydrogen) atoms. The maximum Gasteiger partial charge on any atom is 0.244 e. The Bertz CT molecular complexity index is 670. The summed E-state index contributed by atoms with van der Waals surface area (Å²) in [5.41, 5.74) is -0.438. The lowest BCUT2D eigenvalue weighted by molar-refractivity contribution is -0.140. The molecule has 0 radical (unpaired) electrons. The van der Waals surface area contributed by atoms with E-state index in [4.69, 9.17) is 0 Å². The average Bonchev–Trinajstić information content (AvgIpc) is 3.16. The highest BCUT2D eigenvalue weighted by Crippen LogP contribution is 2.67. The highest BCUT2D eigenvalue weighted by Gasteiger charge is 2.75. The van der Waals surface area contributed by atoms with Gasteiger partial charge in [0.25, 0.3) is 0 Å². The van der Waals surface area contributed by atoms with Crippen LogP contribution in [0.3, 0.4) is 0 Å². The van der Waals surface area contributed by atoms with Crippen molar-refractivity contribution in [3.8, 4) is 0 Å². The minimum absolute atomic E-state index is 0.0352. The van der Waals surface area contributed by atoms with Gasteiger partial charge in [0.05, 0.1) is 23.2 Å². The predicted octanol–water partition coefficient (Wildman–Crippen LogP) is 0.884. The van der Waals surface area contributed by atoms with E-state index in [1.807, 2.05) is 27.7 Å². The molecule has 7 nitrogen and oxygen atoms in total. The van der Waals surface area contributed by atoms with Crippen LogP contribution in [0.15, 0.2) is 0 Å². The smallest absolute Gasteiger partial charge is 0.244 e. The van der Waals surface area contributed by atoms with Crippen molar-refractivity contribution in [2.45, 2.75) is 66.9 Å². The molecule has 0 aromatic heterocycles. The number of β-amino-alcohol motifs (C(OH)–C–C–N with tert-alkyl or cyclic N) is 1. The molecule has 0 saturated carbocycles. The molecule has 3 fully saturated rings. The molecule has 2 bridgehead atoms. The second-order valence-corrected chi connectivity index (χ2v) is 11.7. The third-order valence-corrected chi connectivity index (χ3v) is 8.95. The number of nitrogens with zero attached hydrogens (tertiary/aromatic N) is 1. The molecule has 6 atom stereocenters. The van der Waals surface area contributed by atoms with Gasteiger partial charge in [-0.1, -0.05) is 22.9 Å². The topological polar surface area (TPSA) is 98.7 Å². The summed E-state index contributed by atoms with van der Waals surface area (Å²) in [6, 6.07) is -0.685. The first-order chi connectivity index (χ1) is 13.1. The van der Waals surface area contributed by atoms with Crippen LogP contribution >= 0.6 is 27.7 Å². The molecule has 3 rings (SSSR count). The SMILES string of the molecule is CCCNC(=O)[C@H]1[C@@H]2SC3(CC2Br)C(C(=O)NC(C)(C)C)N(CCO)C(=O)[C@H]13. The molecule has 3 aliphatic heterocycles. The average molecular weight is 476 g/mol. The number of hydrogen-bond donors (Lipinski definition) is 3. The summed E-state index contributed by atoms with van der Waals surface area (Å²) < 4.78 is -0.644.